The summed E-state index contributed by atoms with van der Waals surface area (Å²) in [5.41, 5.74) is -5.05. The second kappa shape index (κ2) is 8.83. The van der Waals surface area contributed by atoms with Crippen LogP contribution in [0.25, 0.3) is 0 Å². The number of piperidine rings is 1. The highest BCUT2D eigenvalue weighted by Crippen LogP contribution is 2.30. The van der Waals surface area contributed by atoms with E-state index >= 15 is 0 Å². The Kier molecular flexibility index (Phi) is 6.98. The molecular formula is C15H21F4N5O2S. The molecule has 1 aromatic heterocycles. The lowest BCUT2D eigenvalue weighted by Gasteiger charge is -2.31. The van der Waals surface area contributed by atoms with Crippen molar-refractivity contribution in [2.45, 2.75) is 24.9 Å². The minimum Gasteiger partial charge on any atom is -0.356 e. The van der Waals surface area contributed by atoms with Crippen LogP contribution in [0, 0.1) is 11.7 Å². The molecule has 2 rings (SSSR count). The molecule has 0 amide bonds. The number of sulfonamides is 1. The lowest BCUT2D eigenvalue weighted by Crippen LogP contribution is -2.47. The van der Waals surface area contributed by atoms with Crippen LogP contribution in [0.2, 0.25) is 0 Å². The van der Waals surface area contributed by atoms with Crippen LogP contribution in [-0.2, 0) is 16.6 Å². The Morgan fingerprint density at radius 1 is 1.33 bits per heavy atom. The number of pyridine rings is 1. The van der Waals surface area contributed by atoms with E-state index in [0.717, 1.165) is 0 Å². The number of hydrogen-bond donors (Lipinski definition) is 2. The number of halogens is 4. The summed E-state index contributed by atoms with van der Waals surface area (Å²) < 4.78 is 74.5. The summed E-state index contributed by atoms with van der Waals surface area (Å²) >= 11 is 0. The van der Waals surface area contributed by atoms with Gasteiger partial charge in [-0.25, -0.2) is 12.8 Å². The molecule has 0 bridgehead atoms. The largest absolute Gasteiger partial charge is 0.511 e. The van der Waals surface area contributed by atoms with Gasteiger partial charge in [0.25, 0.3) is 0 Å². The molecule has 1 saturated heterocycles. The van der Waals surface area contributed by atoms with Crippen molar-refractivity contribution in [3.05, 3.63) is 29.8 Å². The zero-order chi connectivity index (χ0) is 20.1. The molecule has 2 heterocycles. The fourth-order valence-corrected chi connectivity index (χ4v) is 3.66. The van der Waals surface area contributed by atoms with Crippen molar-refractivity contribution in [3.8, 4) is 0 Å². The van der Waals surface area contributed by atoms with Gasteiger partial charge < -0.3 is 10.6 Å². The Bertz CT molecular complexity index is 762. The fraction of sp³-hybridized carbons (Fsp3) is 0.600. The zero-order valence-electron chi connectivity index (χ0n) is 14.6. The third kappa shape index (κ3) is 5.51. The number of nitrogens with zero attached hydrogens (tertiary/aromatic N) is 3. The number of aromatic nitrogens is 1. The first kappa shape index (κ1) is 21.4. The van der Waals surface area contributed by atoms with Gasteiger partial charge in [0.1, 0.15) is 5.82 Å². The molecule has 0 radical (unpaired) electrons. The number of rotatable bonds is 5. The van der Waals surface area contributed by atoms with Gasteiger partial charge in [0.15, 0.2) is 5.96 Å². The standard InChI is InChI=1S/C15H21F4N5O2S/c1-20-14(23-10-13-12(16)3-2-6-21-13)22-9-11-4-7-24(8-5-11)27(25,26)15(17,18)19/h2-3,6,11H,4-5,7-10H2,1H3,(H2,20,22,23). The van der Waals surface area contributed by atoms with Crippen LogP contribution < -0.4 is 10.6 Å². The molecule has 0 atom stereocenters. The predicted octanol–water partition coefficient (Wildman–Crippen LogP) is 1.45. The third-order valence-corrected chi connectivity index (χ3v) is 5.88. The Morgan fingerprint density at radius 2 is 2.00 bits per heavy atom. The summed E-state index contributed by atoms with van der Waals surface area (Å²) in [7, 11) is -3.74. The highest BCUT2D eigenvalue weighted by molar-refractivity contribution is 7.90. The number of alkyl halides is 3. The van der Waals surface area contributed by atoms with E-state index in [9.17, 15) is 26.0 Å². The van der Waals surface area contributed by atoms with Gasteiger partial charge in [0.05, 0.1) is 12.2 Å². The number of guanidine groups is 1. The van der Waals surface area contributed by atoms with Gasteiger partial charge in [-0.3, -0.25) is 9.98 Å². The van der Waals surface area contributed by atoms with E-state index < -0.39 is 21.3 Å². The summed E-state index contributed by atoms with van der Waals surface area (Å²) in [5, 5.41) is 5.91. The average Bonchev–Trinajstić information content (AvgIpc) is 2.62. The molecule has 27 heavy (non-hydrogen) atoms. The first-order valence-corrected chi connectivity index (χ1v) is 9.69. The van der Waals surface area contributed by atoms with Crippen LogP contribution in [-0.4, -0.2) is 55.9 Å². The van der Waals surface area contributed by atoms with Crippen molar-refractivity contribution in [1.29, 1.82) is 0 Å². The van der Waals surface area contributed by atoms with Crippen LogP contribution in [0.15, 0.2) is 23.3 Å². The first-order chi connectivity index (χ1) is 12.6. The highest BCUT2D eigenvalue weighted by atomic mass is 32.2. The maximum Gasteiger partial charge on any atom is 0.511 e. The summed E-state index contributed by atoms with van der Waals surface area (Å²) in [6.45, 7) is 0.164. The van der Waals surface area contributed by atoms with E-state index in [2.05, 4.69) is 20.6 Å². The molecule has 0 saturated carbocycles. The van der Waals surface area contributed by atoms with Crippen LogP contribution in [0.3, 0.4) is 0 Å². The molecule has 152 valence electrons. The van der Waals surface area contributed by atoms with E-state index in [1.54, 1.807) is 0 Å². The minimum absolute atomic E-state index is 0.00480. The molecule has 7 nitrogen and oxygen atoms in total. The van der Waals surface area contributed by atoms with Gasteiger partial charge in [-0.15, -0.1) is 0 Å². The molecule has 0 unspecified atom stereocenters. The minimum atomic E-state index is -5.27. The smallest absolute Gasteiger partial charge is 0.356 e. The summed E-state index contributed by atoms with van der Waals surface area (Å²) in [6, 6.07) is 2.78. The molecule has 1 aliphatic heterocycles. The predicted molar refractivity (Wildman–Crippen MR) is 91.7 cm³/mol. The molecule has 0 aromatic carbocycles. The molecule has 0 spiro atoms. The molecule has 1 aromatic rings. The normalized spacial score (nSPS) is 17.7. The molecular weight excluding hydrogens is 390 g/mol. The van der Waals surface area contributed by atoms with E-state index in [1.165, 1.54) is 25.4 Å². The van der Waals surface area contributed by atoms with Gasteiger partial charge in [-0.1, -0.05) is 0 Å². The van der Waals surface area contributed by atoms with Gasteiger partial charge in [0.2, 0.25) is 0 Å². The third-order valence-electron chi connectivity index (χ3n) is 4.25. The fourth-order valence-electron chi connectivity index (χ4n) is 2.68. The number of aliphatic imine (C=N–C) groups is 1. The second-order valence-electron chi connectivity index (χ2n) is 6.03. The van der Waals surface area contributed by atoms with Crippen LogP contribution >= 0.6 is 0 Å². The summed E-state index contributed by atoms with van der Waals surface area (Å²) in [6.07, 6.45) is 2.07. The lowest BCUT2D eigenvalue weighted by molar-refractivity contribution is -0.0496. The Labute approximate surface area is 154 Å². The zero-order valence-corrected chi connectivity index (χ0v) is 15.4. The van der Waals surface area contributed by atoms with E-state index in [0.29, 0.717) is 29.7 Å². The van der Waals surface area contributed by atoms with Crippen LogP contribution in [0.4, 0.5) is 17.6 Å². The summed E-state index contributed by atoms with van der Waals surface area (Å²) in [5.74, 6) is -0.0566. The van der Waals surface area contributed by atoms with Gasteiger partial charge >= 0.3 is 15.5 Å². The van der Waals surface area contributed by atoms with E-state index in [4.69, 9.17) is 0 Å². The molecule has 1 aliphatic rings. The highest BCUT2D eigenvalue weighted by Gasteiger charge is 2.50. The Balaban J connectivity index is 1.79. The molecule has 2 N–H and O–H groups in total. The molecule has 12 heteroatoms. The molecule has 0 aliphatic carbocycles. The van der Waals surface area contributed by atoms with Crippen LogP contribution in [0.5, 0.6) is 0 Å². The van der Waals surface area contributed by atoms with Crippen molar-refractivity contribution < 1.29 is 26.0 Å². The Hall–Kier alpha value is -1.95. The second-order valence-corrected chi connectivity index (χ2v) is 7.96. The maximum absolute atomic E-state index is 13.5. The van der Waals surface area contributed by atoms with Crippen molar-refractivity contribution in [2.75, 3.05) is 26.7 Å². The molecule has 1 fully saturated rings. The van der Waals surface area contributed by atoms with E-state index in [-0.39, 0.29) is 31.2 Å². The van der Waals surface area contributed by atoms with E-state index in [1.807, 2.05) is 0 Å². The average molecular weight is 411 g/mol. The topological polar surface area (TPSA) is 86.7 Å². The number of nitrogens with one attached hydrogen (secondary N) is 2. The monoisotopic (exact) mass is 411 g/mol. The van der Waals surface area contributed by atoms with Gasteiger partial charge in [-0.05, 0) is 30.9 Å². The number of hydrogen-bond acceptors (Lipinski definition) is 4. The maximum atomic E-state index is 13.5. The Morgan fingerprint density at radius 3 is 2.56 bits per heavy atom. The van der Waals surface area contributed by atoms with Crippen molar-refractivity contribution in [3.63, 3.8) is 0 Å². The van der Waals surface area contributed by atoms with Crippen molar-refractivity contribution in [1.82, 2.24) is 19.9 Å². The SMILES string of the molecule is CN=C(NCc1ncccc1F)NCC1CCN(S(=O)(=O)C(F)(F)F)CC1. The quantitative estimate of drug-likeness (QED) is 0.435. The van der Waals surface area contributed by atoms with Gasteiger partial charge in [-0.2, -0.15) is 17.5 Å². The lowest BCUT2D eigenvalue weighted by atomic mass is 9.98. The van der Waals surface area contributed by atoms with Crippen molar-refractivity contribution >= 4 is 16.0 Å². The summed E-state index contributed by atoms with van der Waals surface area (Å²) in [4.78, 5) is 7.90. The first-order valence-electron chi connectivity index (χ1n) is 8.25. The van der Waals surface area contributed by atoms with Crippen molar-refractivity contribution in [2.24, 2.45) is 10.9 Å². The van der Waals surface area contributed by atoms with Crippen LogP contribution in [0.1, 0.15) is 18.5 Å². The van der Waals surface area contributed by atoms with Gasteiger partial charge in [0, 0.05) is 32.9 Å².